The second-order valence-electron chi connectivity index (χ2n) is 4.66. The van der Waals surface area contributed by atoms with Gasteiger partial charge in [-0.15, -0.1) is 0 Å². The van der Waals surface area contributed by atoms with E-state index in [1.165, 1.54) is 0 Å². The Labute approximate surface area is 89.3 Å². The Morgan fingerprint density at radius 3 is 2.73 bits per heavy atom. The van der Waals surface area contributed by atoms with Gasteiger partial charge in [0.15, 0.2) is 0 Å². The first-order valence-corrected chi connectivity index (χ1v) is 5.55. The third kappa shape index (κ3) is 1.98. The van der Waals surface area contributed by atoms with E-state index in [9.17, 15) is 9.90 Å². The molecular formula is C11H16N2O2. The molecule has 2 aliphatic rings. The Bertz CT molecular complexity index is 304. The number of hydrogen-bond donors (Lipinski definition) is 2. The van der Waals surface area contributed by atoms with Crippen LogP contribution in [0.5, 0.6) is 0 Å². The molecule has 0 aromatic rings. The average molecular weight is 208 g/mol. The molecule has 2 N–H and O–H groups in total. The number of rotatable bonds is 3. The summed E-state index contributed by atoms with van der Waals surface area (Å²) in [5.74, 6) is 0.0348. The van der Waals surface area contributed by atoms with Crippen molar-refractivity contribution in [2.75, 3.05) is 6.54 Å². The summed E-state index contributed by atoms with van der Waals surface area (Å²) >= 11 is 0. The van der Waals surface area contributed by atoms with Gasteiger partial charge in [0.2, 0.25) is 5.91 Å². The van der Waals surface area contributed by atoms with Crippen LogP contribution in [0, 0.1) is 22.7 Å². The molecule has 0 aromatic carbocycles. The highest BCUT2D eigenvalue weighted by molar-refractivity contribution is 5.88. The van der Waals surface area contributed by atoms with Crippen LogP contribution in [-0.4, -0.2) is 23.7 Å². The molecule has 4 nitrogen and oxygen atoms in total. The van der Waals surface area contributed by atoms with Crippen molar-refractivity contribution in [1.29, 1.82) is 5.26 Å². The second kappa shape index (κ2) is 3.82. The van der Waals surface area contributed by atoms with E-state index in [1.807, 2.05) is 0 Å². The fourth-order valence-electron chi connectivity index (χ4n) is 2.16. The van der Waals surface area contributed by atoms with E-state index in [0.717, 1.165) is 19.3 Å². The molecule has 0 radical (unpaired) electrons. The number of amides is 1. The van der Waals surface area contributed by atoms with Crippen LogP contribution in [0.1, 0.15) is 32.1 Å². The Hall–Kier alpha value is -1.08. The minimum absolute atomic E-state index is 0.149. The standard InChI is InChI=1S/C11H16N2O2/c12-7-11(4-5-11)10(15)13-6-8-2-1-3-9(8)14/h8-9,14H,1-6H2,(H,13,15). The topological polar surface area (TPSA) is 73.1 Å². The van der Waals surface area contributed by atoms with Crippen LogP contribution in [-0.2, 0) is 4.79 Å². The highest BCUT2D eigenvalue weighted by atomic mass is 16.3. The molecule has 2 saturated carbocycles. The van der Waals surface area contributed by atoms with Gasteiger partial charge < -0.3 is 10.4 Å². The number of hydrogen-bond acceptors (Lipinski definition) is 3. The summed E-state index contributed by atoms with van der Waals surface area (Å²) < 4.78 is 0. The first kappa shape index (κ1) is 10.4. The second-order valence-corrected chi connectivity index (χ2v) is 4.66. The molecule has 2 fully saturated rings. The molecule has 15 heavy (non-hydrogen) atoms. The fraction of sp³-hybridized carbons (Fsp3) is 0.818. The van der Waals surface area contributed by atoms with Crippen LogP contribution < -0.4 is 5.32 Å². The molecule has 0 aromatic heterocycles. The van der Waals surface area contributed by atoms with Gasteiger partial charge in [0.1, 0.15) is 5.41 Å². The summed E-state index contributed by atoms with van der Waals surface area (Å²) in [6, 6.07) is 2.06. The van der Waals surface area contributed by atoms with Gasteiger partial charge in [-0.3, -0.25) is 4.79 Å². The third-order valence-corrected chi connectivity index (χ3v) is 3.54. The number of carbonyl (C=O) groups excluding carboxylic acids is 1. The maximum atomic E-state index is 11.6. The lowest BCUT2D eigenvalue weighted by molar-refractivity contribution is -0.124. The summed E-state index contributed by atoms with van der Waals surface area (Å²) in [6.45, 7) is 0.517. The largest absolute Gasteiger partial charge is 0.393 e. The van der Waals surface area contributed by atoms with Crippen molar-refractivity contribution >= 4 is 5.91 Å². The zero-order chi connectivity index (χ0) is 10.9. The van der Waals surface area contributed by atoms with Crippen LogP contribution in [0.15, 0.2) is 0 Å². The molecule has 0 aliphatic heterocycles. The van der Waals surface area contributed by atoms with Gasteiger partial charge in [-0.1, -0.05) is 6.42 Å². The molecule has 2 aliphatic carbocycles. The van der Waals surface area contributed by atoms with E-state index in [2.05, 4.69) is 11.4 Å². The lowest BCUT2D eigenvalue weighted by Crippen LogP contribution is -2.36. The zero-order valence-electron chi connectivity index (χ0n) is 8.70. The molecule has 2 unspecified atom stereocenters. The predicted octanol–water partition coefficient (Wildman–Crippen LogP) is 0.567. The van der Waals surface area contributed by atoms with E-state index in [4.69, 9.17) is 5.26 Å². The van der Waals surface area contributed by atoms with Crippen LogP contribution >= 0.6 is 0 Å². The average Bonchev–Trinajstić information content (AvgIpc) is 2.94. The third-order valence-electron chi connectivity index (χ3n) is 3.54. The quantitative estimate of drug-likeness (QED) is 0.712. The summed E-state index contributed by atoms with van der Waals surface area (Å²) in [5, 5.41) is 21.2. The van der Waals surface area contributed by atoms with E-state index < -0.39 is 5.41 Å². The fourth-order valence-corrected chi connectivity index (χ4v) is 2.16. The molecule has 0 spiro atoms. The predicted molar refractivity (Wildman–Crippen MR) is 53.6 cm³/mol. The van der Waals surface area contributed by atoms with Crippen LogP contribution in [0.25, 0.3) is 0 Å². The van der Waals surface area contributed by atoms with Gasteiger partial charge in [-0.25, -0.2) is 0 Å². The van der Waals surface area contributed by atoms with E-state index in [0.29, 0.717) is 19.4 Å². The molecule has 0 saturated heterocycles. The molecule has 0 heterocycles. The number of nitrogens with one attached hydrogen (secondary N) is 1. The van der Waals surface area contributed by atoms with Gasteiger partial charge in [-0.05, 0) is 25.7 Å². The van der Waals surface area contributed by atoms with Crippen molar-refractivity contribution in [3.05, 3.63) is 0 Å². The SMILES string of the molecule is N#CC1(C(=O)NCC2CCCC2O)CC1. The summed E-state index contributed by atoms with van der Waals surface area (Å²) in [4.78, 5) is 11.6. The summed E-state index contributed by atoms with van der Waals surface area (Å²) in [6.07, 6.45) is 3.93. The van der Waals surface area contributed by atoms with Gasteiger partial charge in [0.05, 0.1) is 12.2 Å². The van der Waals surface area contributed by atoms with Crippen molar-refractivity contribution in [2.45, 2.75) is 38.2 Å². The normalized spacial score (nSPS) is 32.0. The zero-order valence-corrected chi connectivity index (χ0v) is 8.70. The summed E-state index contributed by atoms with van der Waals surface area (Å²) in [5.41, 5.74) is -0.733. The Balaban J connectivity index is 1.79. The van der Waals surface area contributed by atoms with E-state index >= 15 is 0 Å². The number of nitriles is 1. The number of aliphatic hydroxyl groups is 1. The lowest BCUT2D eigenvalue weighted by Gasteiger charge is -2.16. The van der Waals surface area contributed by atoms with Gasteiger partial charge in [-0.2, -0.15) is 5.26 Å². The van der Waals surface area contributed by atoms with E-state index in [-0.39, 0.29) is 17.9 Å². The molecule has 2 rings (SSSR count). The van der Waals surface area contributed by atoms with E-state index in [1.54, 1.807) is 0 Å². The highest BCUT2D eigenvalue weighted by Gasteiger charge is 2.50. The van der Waals surface area contributed by atoms with Gasteiger partial charge in [0, 0.05) is 12.5 Å². The molecule has 82 valence electrons. The van der Waals surface area contributed by atoms with Crippen LogP contribution in [0.3, 0.4) is 0 Å². The number of nitrogens with zero attached hydrogens (tertiary/aromatic N) is 1. The first-order valence-electron chi connectivity index (χ1n) is 5.55. The van der Waals surface area contributed by atoms with Crippen molar-refractivity contribution in [3.63, 3.8) is 0 Å². The Morgan fingerprint density at radius 2 is 2.27 bits per heavy atom. The van der Waals surface area contributed by atoms with Crippen molar-refractivity contribution in [3.8, 4) is 6.07 Å². The molecule has 2 atom stereocenters. The Kier molecular flexibility index (Phi) is 2.66. The highest BCUT2D eigenvalue weighted by Crippen LogP contribution is 2.45. The summed E-state index contributed by atoms with van der Waals surface area (Å²) in [7, 11) is 0. The molecular weight excluding hydrogens is 192 g/mol. The molecule has 1 amide bonds. The first-order chi connectivity index (χ1) is 7.18. The smallest absolute Gasteiger partial charge is 0.240 e. The lowest BCUT2D eigenvalue weighted by atomic mass is 10.0. The monoisotopic (exact) mass is 208 g/mol. The van der Waals surface area contributed by atoms with Crippen molar-refractivity contribution < 1.29 is 9.90 Å². The molecule has 4 heteroatoms. The van der Waals surface area contributed by atoms with Crippen LogP contribution in [0.4, 0.5) is 0 Å². The maximum absolute atomic E-state index is 11.6. The molecule has 0 bridgehead atoms. The van der Waals surface area contributed by atoms with Gasteiger partial charge >= 0.3 is 0 Å². The maximum Gasteiger partial charge on any atom is 0.240 e. The van der Waals surface area contributed by atoms with Crippen molar-refractivity contribution in [1.82, 2.24) is 5.32 Å². The minimum Gasteiger partial charge on any atom is -0.393 e. The van der Waals surface area contributed by atoms with Crippen molar-refractivity contribution in [2.24, 2.45) is 11.3 Å². The number of carbonyl (C=O) groups is 1. The number of aliphatic hydroxyl groups excluding tert-OH is 1. The Morgan fingerprint density at radius 1 is 1.53 bits per heavy atom. The van der Waals surface area contributed by atoms with Gasteiger partial charge in [0.25, 0.3) is 0 Å². The van der Waals surface area contributed by atoms with Crippen LogP contribution in [0.2, 0.25) is 0 Å². The minimum atomic E-state index is -0.733.